The van der Waals surface area contributed by atoms with Crippen LogP contribution in [0.15, 0.2) is 35.3 Å². The monoisotopic (exact) mass is 430 g/mol. The Balaban J connectivity index is 0.00000242. The van der Waals surface area contributed by atoms with E-state index in [2.05, 4.69) is 40.9 Å². The van der Waals surface area contributed by atoms with Gasteiger partial charge in [-0.25, -0.2) is 9.98 Å². The summed E-state index contributed by atoms with van der Waals surface area (Å²) < 4.78 is 0. The Hall–Kier alpha value is -1.15. The van der Waals surface area contributed by atoms with Crippen LogP contribution in [0.4, 0.5) is 0 Å². The van der Waals surface area contributed by atoms with Gasteiger partial charge in [0.15, 0.2) is 5.96 Å². The standard InChI is InChI=1S/C16H22N4S.HI/c1-4-20(5-2)16(17)18-11-14-12(3)19-15(21-14)13-9-7-6-8-10-13;/h6-10H,4-5,11H2,1-3H3,(H2,17,18);1H. The van der Waals surface area contributed by atoms with Crippen molar-refractivity contribution in [1.29, 1.82) is 0 Å². The Morgan fingerprint density at radius 3 is 2.45 bits per heavy atom. The second-order valence-electron chi connectivity index (χ2n) is 4.74. The van der Waals surface area contributed by atoms with Crippen LogP contribution < -0.4 is 5.73 Å². The fourth-order valence-corrected chi connectivity index (χ4v) is 3.07. The summed E-state index contributed by atoms with van der Waals surface area (Å²) >= 11 is 1.69. The zero-order valence-electron chi connectivity index (χ0n) is 13.2. The predicted molar refractivity (Wildman–Crippen MR) is 106 cm³/mol. The van der Waals surface area contributed by atoms with Crippen LogP contribution in [-0.4, -0.2) is 28.9 Å². The summed E-state index contributed by atoms with van der Waals surface area (Å²) in [5.74, 6) is 0.606. The molecule has 0 bridgehead atoms. The molecule has 0 radical (unpaired) electrons. The van der Waals surface area contributed by atoms with E-state index in [0.29, 0.717) is 12.5 Å². The molecule has 1 aromatic heterocycles. The van der Waals surface area contributed by atoms with Gasteiger partial charge >= 0.3 is 0 Å². The van der Waals surface area contributed by atoms with E-state index in [1.165, 1.54) is 4.88 Å². The van der Waals surface area contributed by atoms with Crippen LogP contribution in [0.2, 0.25) is 0 Å². The highest BCUT2D eigenvalue weighted by molar-refractivity contribution is 14.0. The molecule has 2 aromatic rings. The fraction of sp³-hybridized carbons (Fsp3) is 0.375. The summed E-state index contributed by atoms with van der Waals surface area (Å²) in [5, 5.41) is 1.04. The number of hydrogen-bond acceptors (Lipinski definition) is 3. The maximum absolute atomic E-state index is 6.01. The van der Waals surface area contributed by atoms with E-state index in [-0.39, 0.29) is 24.0 Å². The van der Waals surface area contributed by atoms with Gasteiger partial charge in [-0.1, -0.05) is 30.3 Å². The SMILES string of the molecule is CCN(CC)C(N)=NCc1sc(-c2ccccc2)nc1C.I. The van der Waals surface area contributed by atoms with Crippen molar-refractivity contribution in [2.24, 2.45) is 10.7 Å². The second kappa shape index (κ2) is 9.09. The summed E-state index contributed by atoms with van der Waals surface area (Å²) in [6, 6.07) is 10.2. The van der Waals surface area contributed by atoms with E-state index in [1.54, 1.807) is 11.3 Å². The molecule has 2 N–H and O–H groups in total. The van der Waals surface area contributed by atoms with Gasteiger partial charge in [0.2, 0.25) is 0 Å². The van der Waals surface area contributed by atoms with E-state index in [1.807, 2.05) is 25.1 Å². The highest BCUT2D eigenvalue weighted by Crippen LogP contribution is 2.28. The average Bonchev–Trinajstić information content (AvgIpc) is 2.88. The van der Waals surface area contributed by atoms with Gasteiger partial charge in [0.25, 0.3) is 0 Å². The molecular weight excluding hydrogens is 407 g/mol. The minimum absolute atomic E-state index is 0. The summed E-state index contributed by atoms with van der Waals surface area (Å²) in [4.78, 5) is 12.4. The minimum atomic E-state index is 0. The number of hydrogen-bond donors (Lipinski definition) is 1. The Labute approximate surface area is 153 Å². The number of rotatable bonds is 5. The number of aryl methyl sites for hydroxylation is 1. The molecule has 0 saturated heterocycles. The number of aliphatic imine (C=N–C) groups is 1. The van der Waals surface area contributed by atoms with Crippen LogP contribution in [-0.2, 0) is 6.54 Å². The van der Waals surface area contributed by atoms with Gasteiger partial charge in [-0.05, 0) is 20.8 Å². The Morgan fingerprint density at radius 2 is 1.86 bits per heavy atom. The van der Waals surface area contributed by atoms with Crippen molar-refractivity contribution in [3.63, 3.8) is 0 Å². The zero-order chi connectivity index (χ0) is 15.2. The number of aromatic nitrogens is 1. The predicted octanol–water partition coefficient (Wildman–Crippen LogP) is 3.89. The minimum Gasteiger partial charge on any atom is -0.370 e. The smallest absolute Gasteiger partial charge is 0.191 e. The third kappa shape index (κ3) is 4.67. The van der Waals surface area contributed by atoms with Gasteiger partial charge in [-0.2, -0.15) is 0 Å². The van der Waals surface area contributed by atoms with Crippen LogP contribution >= 0.6 is 35.3 Å². The van der Waals surface area contributed by atoms with Crippen molar-refractivity contribution in [2.75, 3.05) is 13.1 Å². The van der Waals surface area contributed by atoms with Crippen molar-refractivity contribution in [3.05, 3.63) is 40.9 Å². The number of nitrogens with zero attached hydrogens (tertiary/aromatic N) is 3. The third-order valence-corrected chi connectivity index (χ3v) is 4.58. The lowest BCUT2D eigenvalue weighted by molar-refractivity contribution is 0.458. The Kier molecular flexibility index (Phi) is 7.81. The van der Waals surface area contributed by atoms with E-state index in [9.17, 15) is 0 Å². The lowest BCUT2D eigenvalue weighted by Crippen LogP contribution is -2.37. The molecule has 6 heteroatoms. The molecule has 0 amide bonds. The number of thiazole rings is 1. The van der Waals surface area contributed by atoms with Crippen LogP contribution in [0.3, 0.4) is 0 Å². The zero-order valence-corrected chi connectivity index (χ0v) is 16.4. The molecular formula is C16H23IN4S. The van der Waals surface area contributed by atoms with Gasteiger partial charge < -0.3 is 10.6 Å². The molecule has 4 nitrogen and oxygen atoms in total. The van der Waals surface area contributed by atoms with Crippen molar-refractivity contribution >= 4 is 41.3 Å². The molecule has 0 atom stereocenters. The maximum atomic E-state index is 6.01. The number of guanidine groups is 1. The molecule has 120 valence electrons. The maximum Gasteiger partial charge on any atom is 0.191 e. The number of benzene rings is 1. The molecule has 0 aliphatic heterocycles. The van der Waals surface area contributed by atoms with Crippen molar-refractivity contribution in [1.82, 2.24) is 9.88 Å². The van der Waals surface area contributed by atoms with Gasteiger partial charge in [0, 0.05) is 23.5 Å². The number of halogens is 1. The van der Waals surface area contributed by atoms with Crippen molar-refractivity contribution < 1.29 is 0 Å². The summed E-state index contributed by atoms with van der Waals surface area (Å²) in [5.41, 5.74) is 8.20. The summed E-state index contributed by atoms with van der Waals surface area (Å²) in [6.07, 6.45) is 0. The molecule has 0 unspecified atom stereocenters. The van der Waals surface area contributed by atoms with Gasteiger partial charge in [0.05, 0.1) is 12.2 Å². The molecule has 1 aromatic carbocycles. The molecule has 2 rings (SSSR count). The highest BCUT2D eigenvalue weighted by Gasteiger charge is 2.09. The first kappa shape index (κ1) is 18.9. The average molecular weight is 430 g/mol. The first-order valence-electron chi connectivity index (χ1n) is 7.22. The Morgan fingerprint density at radius 1 is 1.23 bits per heavy atom. The quantitative estimate of drug-likeness (QED) is 0.445. The topological polar surface area (TPSA) is 54.5 Å². The van der Waals surface area contributed by atoms with Gasteiger partial charge in [-0.3, -0.25) is 0 Å². The van der Waals surface area contributed by atoms with Crippen molar-refractivity contribution in [2.45, 2.75) is 27.3 Å². The third-order valence-electron chi connectivity index (χ3n) is 3.39. The lowest BCUT2D eigenvalue weighted by atomic mass is 10.2. The first-order chi connectivity index (χ1) is 10.2. The molecule has 0 aliphatic carbocycles. The normalized spacial score (nSPS) is 11.1. The lowest BCUT2D eigenvalue weighted by Gasteiger charge is -2.19. The van der Waals surface area contributed by atoms with Gasteiger partial charge in [-0.15, -0.1) is 35.3 Å². The highest BCUT2D eigenvalue weighted by atomic mass is 127. The van der Waals surface area contributed by atoms with Crippen LogP contribution in [0, 0.1) is 6.92 Å². The second-order valence-corrected chi connectivity index (χ2v) is 5.82. The van der Waals surface area contributed by atoms with Crippen LogP contribution in [0.5, 0.6) is 0 Å². The fourth-order valence-electron chi connectivity index (χ4n) is 2.08. The van der Waals surface area contributed by atoms with Crippen LogP contribution in [0.25, 0.3) is 10.6 Å². The molecule has 0 saturated carbocycles. The molecule has 0 fully saturated rings. The van der Waals surface area contributed by atoms with E-state index in [0.717, 1.165) is 29.4 Å². The van der Waals surface area contributed by atoms with E-state index in [4.69, 9.17) is 5.73 Å². The van der Waals surface area contributed by atoms with Gasteiger partial charge in [0.1, 0.15) is 5.01 Å². The Bertz CT molecular complexity index is 606. The molecule has 0 spiro atoms. The van der Waals surface area contributed by atoms with Crippen molar-refractivity contribution in [3.8, 4) is 10.6 Å². The van der Waals surface area contributed by atoms with E-state index >= 15 is 0 Å². The van der Waals surface area contributed by atoms with E-state index < -0.39 is 0 Å². The summed E-state index contributed by atoms with van der Waals surface area (Å²) in [6.45, 7) is 8.54. The molecule has 22 heavy (non-hydrogen) atoms. The molecule has 0 aliphatic rings. The number of nitrogens with two attached hydrogens (primary N) is 1. The first-order valence-corrected chi connectivity index (χ1v) is 8.03. The van der Waals surface area contributed by atoms with Crippen LogP contribution in [0.1, 0.15) is 24.4 Å². The summed E-state index contributed by atoms with van der Waals surface area (Å²) in [7, 11) is 0. The largest absolute Gasteiger partial charge is 0.370 e. The molecule has 1 heterocycles.